The zero-order valence-corrected chi connectivity index (χ0v) is 21.6. The van der Waals surface area contributed by atoms with Gasteiger partial charge in [-0.1, -0.05) is 23.8 Å². The summed E-state index contributed by atoms with van der Waals surface area (Å²) in [6.07, 6.45) is 1.82. The van der Waals surface area contributed by atoms with Crippen molar-refractivity contribution in [2.75, 3.05) is 10.2 Å². The lowest BCUT2D eigenvalue weighted by atomic mass is 9.96. The number of aryl methyl sites for hydroxylation is 2. The van der Waals surface area contributed by atoms with Gasteiger partial charge in [0.05, 0.1) is 17.8 Å². The molecule has 36 heavy (non-hydrogen) atoms. The number of thiocarbonyl (C=S) groups is 1. The summed E-state index contributed by atoms with van der Waals surface area (Å²) in [6.45, 7) is 7.91. The smallest absolute Gasteiger partial charge is 0.221 e. The molecule has 4 aromatic rings. The highest BCUT2D eigenvalue weighted by atomic mass is 32.1. The molecule has 7 heteroatoms. The molecule has 3 heterocycles. The predicted octanol–water partition coefficient (Wildman–Crippen LogP) is 5.93. The lowest BCUT2D eigenvalue weighted by molar-refractivity contribution is -0.114. The number of carbonyl (C=O) groups excluding carboxylic acids is 1. The third-order valence-electron chi connectivity index (χ3n) is 6.65. The molecule has 0 bridgehead atoms. The largest absolute Gasteiger partial charge is 0.351 e. The lowest BCUT2D eigenvalue weighted by Gasteiger charge is -2.28. The van der Waals surface area contributed by atoms with Crippen molar-refractivity contribution < 1.29 is 4.79 Å². The zero-order valence-electron chi connectivity index (χ0n) is 20.8. The third kappa shape index (κ3) is 4.38. The molecular formula is C29H29N5OS. The summed E-state index contributed by atoms with van der Waals surface area (Å²) in [6, 6.07) is 24.4. The normalized spacial score (nSPS) is 17.2. The van der Waals surface area contributed by atoms with E-state index < -0.39 is 0 Å². The number of carbonyl (C=O) groups is 1. The molecule has 1 aliphatic rings. The van der Waals surface area contributed by atoms with E-state index in [1.807, 2.05) is 48.7 Å². The van der Waals surface area contributed by atoms with Gasteiger partial charge < -0.3 is 20.1 Å². The van der Waals surface area contributed by atoms with Crippen molar-refractivity contribution in [3.8, 4) is 5.69 Å². The van der Waals surface area contributed by atoms with Crippen LogP contribution in [0, 0.1) is 20.8 Å². The van der Waals surface area contributed by atoms with E-state index >= 15 is 0 Å². The fourth-order valence-electron chi connectivity index (χ4n) is 5.04. The van der Waals surface area contributed by atoms with E-state index in [1.165, 1.54) is 18.1 Å². The zero-order chi connectivity index (χ0) is 25.4. The number of anilines is 2. The summed E-state index contributed by atoms with van der Waals surface area (Å²) in [5.74, 6) is -0.0993. The first-order valence-electron chi connectivity index (χ1n) is 12.0. The minimum atomic E-state index is -0.124. The van der Waals surface area contributed by atoms with Crippen LogP contribution in [0.2, 0.25) is 0 Å². The van der Waals surface area contributed by atoms with Crippen molar-refractivity contribution in [1.82, 2.24) is 14.9 Å². The Kier molecular flexibility index (Phi) is 6.33. The second kappa shape index (κ2) is 9.59. The Morgan fingerprint density at radius 3 is 2.31 bits per heavy atom. The number of rotatable bonds is 5. The molecule has 0 aliphatic carbocycles. The minimum Gasteiger partial charge on any atom is -0.351 e. The number of hydrogen-bond acceptors (Lipinski definition) is 3. The van der Waals surface area contributed by atoms with Crippen LogP contribution in [0.4, 0.5) is 11.4 Å². The van der Waals surface area contributed by atoms with Crippen molar-refractivity contribution in [2.45, 2.75) is 39.8 Å². The van der Waals surface area contributed by atoms with Crippen LogP contribution in [0.5, 0.6) is 0 Å². The van der Waals surface area contributed by atoms with Gasteiger partial charge in [0.25, 0.3) is 0 Å². The summed E-state index contributed by atoms with van der Waals surface area (Å²) in [7, 11) is 0. The van der Waals surface area contributed by atoms with Crippen LogP contribution in [0.15, 0.2) is 79.0 Å². The quantitative estimate of drug-likeness (QED) is 0.336. The van der Waals surface area contributed by atoms with E-state index in [0.717, 1.165) is 34.1 Å². The SMILES string of the molecule is CC(=O)Nc1ccc(N2C(=S)NC(c3ccccn3)C2c2cc(C)n(-c3ccc(C)cc3)c2C)cc1. The van der Waals surface area contributed by atoms with E-state index in [1.54, 1.807) is 0 Å². The topological polar surface area (TPSA) is 62.2 Å². The van der Waals surface area contributed by atoms with Gasteiger partial charge in [-0.15, -0.1) is 0 Å². The molecule has 1 saturated heterocycles. The Balaban J connectivity index is 1.62. The Labute approximate surface area is 217 Å². The van der Waals surface area contributed by atoms with Crippen molar-refractivity contribution in [3.63, 3.8) is 0 Å². The maximum Gasteiger partial charge on any atom is 0.221 e. The van der Waals surface area contributed by atoms with Crippen LogP contribution in [-0.4, -0.2) is 20.6 Å². The second-order valence-corrected chi connectivity index (χ2v) is 9.61. The van der Waals surface area contributed by atoms with Crippen LogP contribution in [0.3, 0.4) is 0 Å². The van der Waals surface area contributed by atoms with Gasteiger partial charge in [0, 0.05) is 41.6 Å². The number of amides is 1. The summed E-state index contributed by atoms with van der Waals surface area (Å²) in [5, 5.41) is 7.01. The summed E-state index contributed by atoms with van der Waals surface area (Å²) >= 11 is 5.88. The van der Waals surface area contributed by atoms with Gasteiger partial charge in [0.2, 0.25) is 5.91 Å². The van der Waals surface area contributed by atoms with Crippen LogP contribution < -0.4 is 15.5 Å². The van der Waals surface area contributed by atoms with Gasteiger partial charge >= 0.3 is 0 Å². The van der Waals surface area contributed by atoms with Gasteiger partial charge in [-0.25, -0.2) is 0 Å². The standard InChI is InChI=1S/C29H29N5OS/c1-18-8-12-23(13-9-18)33-19(2)17-25(20(33)3)28-27(26-7-5-6-16-30-26)32-29(36)34(28)24-14-10-22(11-15-24)31-21(4)35/h5-17,27-28H,1-4H3,(H,31,35)(H,32,36). The first kappa shape index (κ1) is 23.8. The number of pyridine rings is 1. The Morgan fingerprint density at radius 2 is 1.67 bits per heavy atom. The molecule has 1 aliphatic heterocycles. The van der Waals surface area contributed by atoms with E-state index in [2.05, 4.69) is 76.2 Å². The number of aromatic nitrogens is 2. The van der Waals surface area contributed by atoms with E-state index in [9.17, 15) is 4.79 Å². The molecule has 0 radical (unpaired) electrons. The molecule has 0 spiro atoms. The van der Waals surface area contributed by atoms with Crippen molar-refractivity contribution >= 4 is 34.6 Å². The number of nitrogens with one attached hydrogen (secondary N) is 2. The van der Waals surface area contributed by atoms with Crippen molar-refractivity contribution in [3.05, 3.63) is 107 Å². The fourth-order valence-corrected chi connectivity index (χ4v) is 5.38. The number of nitrogens with zero attached hydrogens (tertiary/aromatic N) is 3. The van der Waals surface area contributed by atoms with Gasteiger partial charge in [0.1, 0.15) is 0 Å². The Hall–Kier alpha value is -3.97. The van der Waals surface area contributed by atoms with Gasteiger partial charge in [0.15, 0.2) is 5.11 Å². The maximum absolute atomic E-state index is 11.5. The highest BCUT2D eigenvalue weighted by Crippen LogP contribution is 2.43. The van der Waals surface area contributed by atoms with E-state index in [0.29, 0.717) is 5.11 Å². The molecule has 2 atom stereocenters. The van der Waals surface area contributed by atoms with Crippen LogP contribution >= 0.6 is 12.2 Å². The highest BCUT2D eigenvalue weighted by Gasteiger charge is 2.42. The number of hydrogen-bond donors (Lipinski definition) is 2. The summed E-state index contributed by atoms with van der Waals surface area (Å²) in [5.41, 5.74) is 8.50. The van der Waals surface area contributed by atoms with Gasteiger partial charge in [-0.3, -0.25) is 9.78 Å². The molecule has 0 saturated carbocycles. The predicted molar refractivity (Wildman–Crippen MR) is 149 cm³/mol. The molecule has 182 valence electrons. The van der Waals surface area contributed by atoms with E-state index in [4.69, 9.17) is 12.2 Å². The molecule has 2 aromatic heterocycles. The number of benzene rings is 2. The average Bonchev–Trinajstić information content (AvgIpc) is 3.35. The molecule has 5 rings (SSSR count). The van der Waals surface area contributed by atoms with Crippen molar-refractivity contribution in [2.24, 2.45) is 0 Å². The van der Waals surface area contributed by atoms with Crippen LogP contribution in [0.25, 0.3) is 5.69 Å². The molecule has 2 N–H and O–H groups in total. The second-order valence-electron chi connectivity index (χ2n) is 9.22. The van der Waals surface area contributed by atoms with Gasteiger partial charge in [-0.05, 0) is 93.1 Å². The molecule has 1 amide bonds. The maximum atomic E-state index is 11.5. The monoisotopic (exact) mass is 495 g/mol. The van der Waals surface area contributed by atoms with Crippen LogP contribution in [0.1, 0.15) is 47.2 Å². The molecular weight excluding hydrogens is 466 g/mol. The van der Waals surface area contributed by atoms with E-state index in [-0.39, 0.29) is 18.0 Å². The van der Waals surface area contributed by atoms with Crippen molar-refractivity contribution in [1.29, 1.82) is 0 Å². The minimum absolute atomic E-state index is 0.0993. The molecule has 2 aromatic carbocycles. The Morgan fingerprint density at radius 1 is 0.972 bits per heavy atom. The molecule has 6 nitrogen and oxygen atoms in total. The lowest BCUT2D eigenvalue weighted by Crippen LogP contribution is -2.29. The molecule has 2 unspecified atom stereocenters. The molecule has 1 fully saturated rings. The first-order valence-corrected chi connectivity index (χ1v) is 12.4. The highest BCUT2D eigenvalue weighted by molar-refractivity contribution is 7.80. The first-order chi connectivity index (χ1) is 17.3. The Bertz CT molecular complexity index is 1410. The van der Waals surface area contributed by atoms with Crippen LogP contribution in [-0.2, 0) is 4.79 Å². The van der Waals surface area contributed by atoms with Gasteiger partial charge in [-0.2, -0.15) is 0 Å². The third-order valence-corrected chi connectivity index (χ3v) is 6.96. The average molecular weight is 496 g/mol. The summed E-state index contributed by atoms with van der Waals surface area (Å²) < 4.78 is 2.30. The fraction of sp³-hybridized carbons (Fsp3) is 0.207. The summed E-state index contributed by atoms with van der Waals surface area (Å²) in [4.78, 5) is 18.3.